The fraction of sp³-hybridized carbons (Fsp3) is 0.522. The van der Waals surface area contributed by atoms with Gasteiger partial charge in [-0.2, -0.15) is 13.2 Å². The van der Waals surface area contributed by atoms with E-state index in [-0.39, 0.29) is 48.7 Å². The summed E-state index contributed by atoms with van der Waals surface area (Å²) in [6.07, 6.45) is -7.13. The van der Waals surface area contributed by atoms with E-state index in [2.05, 4.69) is 4.98 Å². The molecule has 196 valence electrons. The highest BCUT2D eigenvalue weighted by Crippen LogP contribution is 2.46. The van der Waals surface area contributed by atoms with E-state index in [4.69, 9.17) is 5.11 Å². The van der Waals surface area contributed by atoms with Crippen LogP contribution in [0.2, 0.25) is 0 Å². The summed E-state index contributed by atoms with van der Waals surface area (Å²) in [5, 5.41) is 9.14. The molecule has 4 rings (SSSR count). The normalized spacial score (nSPS) is 17.6. The lowest BCUT2D eigenvalue weighted by molar-refractivity contribution is -0.137. The van der Waals surface area contributed by atoms with Gasteiger partial charge in [-0.1, -0.05) is 12.1 Å². The maximum atomic E-state index is 16.1. The molecule has 13 heteroatoms. The van der Waals surface area contributed by atoms with Crippen molar-refractivity contribution >= 4 is 11.2 Å². The zero-order chi connectivity index (χ0) is 26.5. The molecule has 2 heterocycles. The molecule has 1 aliphatic carbocycles. The lowest BCUT2D eigenvalue weighted by atomic mass is 9.83. The fourth-order valence-corrected chi connectivity index (χ4v) is 4.51. The zero-order valence-electron chi connectivity index (χ0n) is 19.3. The monoisotopic (exact) mass is 518 g/mol. The summed E-state index contributed by atoms with van der Waals surface area (Å²) < 4.78 is 85.7. The van der Waals surface area contributed by atoms with Crippen LogP contribution in [-0.4, -0.2) is 36.3 Å². The summed E-state index contributed by atoms with van der Waals surface area (Å²) in [7, 11) is 1.32. The predicted octanol–water partition coefficient (Wildman–Crippen LogP) is 3.72. The molecule has 0 atom stereocenters. The van der Waals surface area contributed by atoms with E-state index in [0.717, 1.165) is 21.3 Å². The van der Waals surface area contributed by atoms with E-state index < -0.39 is 60.3 Å². The number of hydrogen-bond acceptors (Lipinski definition) is 4. The van der Waals surface area contributed by atoms with Gasteiger partial charge in [-0.3, -0.25) is 13.9 Å². The summed E-state index contributed by atoms with van der Waals surface area (Å²) in [6, 6.07) is 4.03. The number of hydrogen-bond donors (Lipinski definition) is 1. The van der Waals surface area contributed by atoms with Crippen LogP contribution in [-0.2, 0) is 32.0 Å². The van der Waals surface area contributed by atoms with Gasteiger partial charge >= 0.3 is 11.9 Å². The molecule has 0 unspecified atom stereocenters. The first kappa shape index (κ1) is 26.0. The SMILES string of the molecule is Cn1c(=O)n(CCCO)c(=O)c2c1nc(C1(F)CCC(F)(F)CC1)n2Cc1ccc(C(F)(F)F)cc1. The van der Waals surface area contributed by atoms with Crippen molar-refractivity contribution in [1.82, 2.24) is 18.7 Å². The van der Waals surface area contributed by atoms with Crippen LogP contribution < -0.4 is 11.2 Å². The van der Waals surface area contributed by atoms with Crippen molar-refractivity contribution in [3.8, 4) is 0 Å². The number of aryl methyl sites for hydroxylation is 1. The van der Waals surface area contributed by atoms with Crippen molar-refractivity contribution < 1.29 is 31.4 Å². The Hall–Kier alpha value is -3.09. The van der Waals surface area contributed by atoms with Gasteiger partial charge < -0.3 is 9.67 Å². The number of rotatable bonds is 6. The first-order valence-corrected chi connectivity index (χ1v) is 11.3. The van der Waals surface area contributed by atoms with Crippen LogP contribution in [0.4, 0.5) is 26.3 Å². The highest BCUT2D eigenvalue weighted by Gasteiger charge is 2.48. The largest absolute Gasteiger partial charge is 0.416 e. The molecule has 0 spiro atoms. The van der Waals surface area contributed by atoms with Crippen molar-refractivity contribution in [1.29, 1.82) is 0 Å². The van der Waals surface area contributed by atoms with Gasteiger partial charge in [0, 0.05) is 39.6 Å². The molecule has 1 saturated carbocycles. The van der Waals surface area contributed by atoms with Gasteiger partial charge in [-0.15, -0.1) is 0 Å². The topological polar surface area (TPSA) is 82.0 Å². The number of aromatic nitrogens is 4. The highest BCUT2D eigenvalue weighted by molar-refractivity contribution is 5.71. The molecule has 0 bridgehead atoms. The zero-order valence-corrected chi connectivity index (χ0v) is 19.3. The van der Waals surface area contributed by atoms with E-state index in [1.165, 1.54) is 23.7 Å². The molecule has 0 amide bonds. The molecule has 2 aromatic heterocycles. The lowest BCUT2D eigenvalue weighted by Gasteiger charge is -2.33. The van der Waals surface area contributed by atoms with Crippen molar-refractivity contribution in [2.45, 2.75) is 63.0 Å². The minimum absolute atomic E-state index is 0.0860. The number of halogens is 6. The minimum atomic E-state index is -4.57. The van der Waals surface area contributed by atoms with E-state index in [1.807, 2.05) is 0 Å². The Bertz CT molecular complexity index is 1380. The second-order valence-corrected chi connectivity index (χ2v) is 9.09. The van der Waals surface area contributed by atoms with Gasteiger partial charge in [-0.25, -0.2) is 22.9 Å². The van der Waals surface area contributed by atoms with Gasteiger partial charge in [0.15, 0.2) is 16.8 Å². The molecule has 1 aromatic carbocycles. The molecule has 0 saturated heterocycles. The molecular weight excluding hydrogens is 494 g/mol. The van der Waals surface area contributed by atoms with Crippen LogP contribution >= 0.6 is 0 Å². The Kier molecular flexibility index (Phi) is 6.56. The van der Waals surface area contributed by atoms with E-state index in [9.17, 15) is 31.5 Å². The molecule has 36 heavy (non-hydrogen) atoms. The summed E-state index contributed by atoms with van der Waals surface area (Å²) in [5.74, 6) is -3.39. The molecule has 0 radical (unpaired) electrons. The summed E-state index contributed by atoms with van der Waals surface area (Å²) in [6.45, 7) is -0.712. The standard InChI is InChI=1S/C23H24F6N4O3/c1-31-17-16(18(35)32(20(31)36)11-2-12-34)33(13-14-3-5-15(6-4-14)23(27,28)29)19(30-17)21(24)7-9-22(25,26)10-8-21/h3-6,34H,2,7-13H2,1H3. The maximum absolute atomic E-state index is 16.1. The maximum Gasteiger partial charge on any atom is 0.416 e. The first-order chi connectivity index (χ1) is 16.8. The summed E-state index contributed by atoms with van der Waals surface area (Å²) in [5.41, 5.74) is -4.88. The molecule has 1 fully saturated rings. The minimum Gasteiger partial charge on any atom is -0.396 e. The number of aliphatic hydroxyl groups excluding tert-OH is 1. The van der Waals surface area contributed by atoms with Gasteiger partial charge in [0.25, 0.3) is 5.56 Å². The van der Waals surface area contributed by atoms with Gasteiger partial charge in [-0.05, 0) is 37.0 Å². The third kappa shape index (κ3) is 4.67. The Morgan fingerprint density at radius 1 is 1.00 bits per heavy atom. The molecule has 1 N–H and O–H groups in total. The van der Waals surface area contributed by atoms with E-state index in [0.29, 0.717) is 0 Å². The first-order valence-electron chi connectivity index (χ1n) is 11.3. The second kappa shape index (κ2) is 9.09. The van der Waals surface area contributed by atoms with Crippen LogP contribution in [0.1, 0.15) is 49.1 Å². The smallest absolute Gasteiger partial charge is 0.396 e. The van der Waals surface area contributed by atoms with Crippen LogP contribution in [0.5, 0.6) is 0 Å². The molecule has 7 nitrogen and oxygen atoms in total. The molecular formula is C23H24F6N4O3. The van der Waals surface area contributed by atoms with Gasteiger partial charge in [0.05, 0.1) is 5.56 Å². The Morgan fingerprint density at radius 2 is 1.61 bits per heavy atom. The molecule has 0 aliphatic heterocycles. The Balaban J connectivity index is 1.92. The number of imidazole rings is 1. The second-order valence-electron chi connectivity index (χ2n) is 9.09. The average Bonchev–Trinajstić information content (AvgIpc) is 3.20. The summed E-state index contributed by atoms with van der Waals surface area (Å²) in [4.78, 5) is 30.3. The van der Waals surface area contributed by atoms with Crippen molar-refractivity contribution in [2.75, 3.05) is 6.61 Å². The van der Waals surface area contributed by atoms with E-state index >= 15 is 4.39 Å². The quantitative estimate of drug-likeness (QED) is 0.505. The number of alkyl halides is 6. The average molecular weight is 518 g/mol. The Labute approximate surface area is 200 Å². The predicted molar refractivity (Wildman–Crippen MR) is 118 cm³/mol. The summed E-state index contributed by atoms with van der Waals surface area (Å²) >= 11 is 0. The number of aliphatic hydroxyl groups is 1. The third-order valence-corrected chi connectivity index (χ3v) is 6.57. The van der Waals surface area contributed by atoms with E-state index in [1.54, 1.807) is 0 Å². The third-order valence-electron chi connectivity index (χ3n) is 6.57. The molecule has 1 aliphatic rings. The van der Waals surface area contributed by atoms with Crippen molar-refractivity contribution in [3.63, 3.8) is 0 Å². The number of fused-ring (bicyclic) bond motifs is 1. The number of benzene rings is 1. The van der Waals surface area contributed by atoms with Crippen LogP contribution in [0, 0.1) is 0 Å². The van der Waals surface area contributed by atoms with Crippen LogP contribution in [0.25, 0.3) is 11.2 Å². The lowest BCUT2D eigenvalue weighted by Crippen LogP contribution is -2.40. The van der Waals surface area contributed by atoms with Crippen molar-refractivity contribution in [2.24, 2.45) is 7.05 Å². The number of nitrogens with zero attached hydrogens (tertiary/aromatic N) is 4. The highest BCUT2D eigenvalue weighted by atomic mass is 19.4. The van der Waals surface area contributed by atoms with Gasteiger partial charge in [0.2, 0.25) is 5.92 Å². The van der Waals surface area contributed by atoms with Crippen molar-refractivity contribution in [3.05, 3.63) is 62.1 Å². The fourth-order valence-electron chi connectivity index (χ4n) is 4.51. The van der Waals surface area contributed by atoms with Crippen LogP contribution in [0.3, 0.4) is 0 Å². The van der Waals surface area contributed by atoms with Crippen LogP contribution in [0.15, 0.2) is 33.9 Å². The van der Waals surface area contributed by atoms with Gasteiger partial charge in [0.1, 0.15) is 5.82 Å². The Morgan fingerprint density at radius 3 is 2.17 bits per heavy atom. The molecule has 3 aromatic rings.